The van der Waals surface area contributed by atoms with Gasteiger partial charge in [0.15, 0.2) is 5.82 Å². The van der Waals surface area contributed by atoms with Gasteiger partial charge in [0.2, 0.25) is 5.89 Å². The third kappa shape index (κ3) is 3.49. The van der Waals surface area contributed by atoms with E-state index < -0.39 is 0 Å². The Labute approximate surface area is 141 Å². The van der Waals surface area contributed by atoms with Gasteiger partial charge in [0.05, 0.1) is 6.61 Å². The average Bonchev–Trinajstić information content (AvgIpc) is 3.11. The molecule has 1 unspecified atom stereocenters. The highest BCUT2D eigenvalue weighted by molar-refractivity contribution is 5.82. The van der Waals surface area contributed by atoms with Crippen molar-refractivity contribution in [1.29, 1.82) is 0 Å². The van der Waals surface area contributed by atoms with E-state index in [1.807, 2.05) is 0 Å². The molecule has 0 bridgehead atoms. The van der Waals surface area contributed by atoms with Crippen LogP contribution in [0.3, 0.4) is 0 Å². The number of fused-ring (bicyclic) bond motifs is 1. The minimum Gasteiger partial charge on any atom is -0.381 e. The number of aromatic nitrogens is 2. The number of hydrogen-bond donors (Lipinski definition) is 0. The highest BCUT2D eigenvalue weighted by Crippen LogP contribution is 2.23. The SMILES string of the molecule is c1ccc2cc(CCCc3nc(C4CCCOC4)no3)ccc2c1. The predicted octanol–water partition coefficient (Wildman–Crippen LogP) is 4.29. The van der Waals surface area contributed by atoms with Gasteiger partial charge in [0.1, 0.15) is 0 Å². The lowest BCUT2D eigenvalue weighted by Gasteiger charge is -2.18. The van der Waals surface area contributed by atoms with Crippen LogP contribution in [0.4, 0.5) is 0 Å². The van der Waals surface area contributed by atoms with Crippen molar-refractivity contribution in [2.75, 3.05) is 13.2 Å². The normalized spacial score (nSPS) is 18.1. The summed E-state index contributed by atoms with van der Waals surface area (Å²) in [6, 6.07) is 15.1. The molecule has 1 aliphatic heterocycles. The van der Waals surface area contributed by atoms with E-state index in [-0.39, 0.29) is 0 Å². The lowest BCUT2D eigenvalue weighted by molar-refractivity contribution is 0.0773. The van der Waals surface area contributed by atoms with E-state index in [1.165, 1.54) is 16.3 Å². The van der Waals surface area contributed by atoms with Crippen molar-refractivity contribution in [2.24, 2.45) is 0 Å². The van der Waals surface area contributed by atoms with E-state index in [0.717, 1.165) is 57.0 Å². The third-order valence-corrected chi connectivity index (χ3v) is 4.68. The van der Waals surface area contributed by atoms with Gasteiger partial charge in [-0.1, -0.05) is 47.6 Å². The fourth-order valence-electron chi connectivity index (χ4n) is 3.32. The molecule has 0 amide bonds. The highest BCUT2D eigenvalue weighted by atomic mass is 16.5. The van der Waals surface area contributed by atoms with Gasteiger partial charge in [-0.05, 0) is 42.0 Å². The number of benzene rings is 2. The lowest BCUT2D eigenvalue weighted by Crippen LogP contribution is -2.16. The van der Waals surface area contributed by atoms with Crippen molar-refractivity contribution in [3.05, 3.63) is 59.7 Å². The van der Waals surface area contributed by atoms with Crippen LogP contribution < -0.4 is 0 Å². The molecule has 3 aromatic rings. The molecule has 1 saturated heterocycles. The molecule has 0 saturated carbocycles. The summed E-state index contributed by atoms with van der Waals surface area (Å²) < 4.78 is 10.9. The van der Waals surface area contributed by atoms with Gasteiger partial charge in [0, 0.05) is 18.9 Å². The molecule has 0 spiro atoms. The van der Waals surface area contributed by atoms with Crippen LogP contribution in [0.25, 0.3) is 10.8 Å². The molecule has 1 atom stereocenters. The van der Waals surface area contributed by atoms with E-state index in [9.17, 15) is 0 Å². The maximum atomic E-state index is 5.50. The standard InChI is InChI=1S/C20H22N2O2/c1-2-7-17-13-15(10-11-16(17)6-1)5-3-9-19-21-20(22-24-19)18-8-4-12-23-14-18/h1-2,6-7,10-11,13,18H,3-5,8-9,12,14H2. The van der Waals surface area contributed by atoms with Crippen molar-refractivity contribution in [3.63, 3.8) is 0 Å². The minimum absolute atomic E-state index is 0.303. The van der Waals surface area contributed by atoms with Crippen LogP contribution in [0.2, 0.25) is 0 Å². The van der Waals surface area contributed by atoms with Gasteiger partial charge < -0.3 is 9.26 Å². The van der Waals surface area contributed by atoms with Crippen molar-refractivity contribution in [3.8, 4) is 0 Å². The number of hydrogen-bond acceptors (Lipinski definition) is 4. The summed E-state index contributed by atoms with van der Waals surface area (Å²) in [5.41, 5.74) is 1.36. The number of nitrogens with zero attached hydrogens (tertiary/aromatic N) is 2. The zero-order valence-electron chi connectivity index (χ0n) is 13.8. The van der Waals surface area contributed by atoms with Crippen LogP contribution in [-0.2, 0) is 17.6 Å². The first kappa shape index (κ1) is 15.3. The van der Waals surface area contributed by atoms with Gasteiger partial charge in [-0.2, -0.15) is 4.98 Å². The highest BCUT2D eigenvalue weighted by Gasteiger charge is 2.21. The molecule has 124 valence electrons. The van der Waals surface area contributed by atoms with Gasteiger partial charge in [-0.25, -0.2) is 0 Å². The average molecular weight is 322 g/mol. The molecule has 2 heterocycles. The second-order valence-electron chi connectivity index (χ2n) is 6.50. The number of ether oxygens (including phenoxy) is 1. The molecule has 4 nitrogen and oxygen atoms in total. The second-order valence-corrected chi connectivity index (χ2v) is 6.50. The molecule has 1 fully saturated rings. The minimum atomic E-state index is 0.303. The molecular weight excluding hydrogens is 300 g/mol. The largest absolute Gasteiger partial charge is 0.381 e. The summed E-state index contributed by atoms with van der Waals surface area (Å²) in [5.74, 6) is 1.86. The molecule has 4 heteroatoms. The van der Waals surface area contributed by atoms with Gasteiger partial charge in [0.25, 0.3) is 0 Å². The van der Waals surface area contributed by atoms with Crippen LogP contribution in [-0.4, -0.2) is 23.4 Å². The van der Waals surface area contributed by atoms with E-state index in [4.69, 9.17) is 9.26 Å². The molecular formula is C20H22N2O2. The summed E-state index contributed by atoms with van der Waals surface area (Å²) in [6.07, 6.45) is 5.04. The molecule has 2 aromatic carbocycles. The van der Waals surface area contributed by atoms with Gasteiger partial charge in [-0.15, -0.1) is 0 Å². The summed E-state index contributed by atoms with van der Waals surface area (Å²) in [4.78, 5) is 4.56. The van der Waals surface area contributed by atoms with E-state index in [0.29, 0.717) is 5.92 Å². The Morgan fingerprint density at radius 1 is 1.04 bits per heavy atom. The summed E-state index contributed by atoms with van der Waals surface area (Å²) in [6.45, 7) is 1.57. The Bertz CT molecular complexity index is 806. The third-order valence-electron chi connectivity index (χ3n) is 4.68. The fraction of sp³-hybridized carbons (Fsp3) is 0.400. The predicted molar refractivity (Wildman–Crippen MR) is 93.1 cm³/mol. The monoisotopic (exact) mass is 322 g/mol. The smallest absolute Gasteiger partial charge is 0.226 e. The molecule has 4 rings (SSSR count). The van der Waals surface area contributed by atoms with Gasteiger partial charge >= 0.3 is 0 Å². The molecule has 0 N–H and O–H groups in total. The number of aryl methyl sites for hydroxylation is 2. The Morgan fingerprint density at radius 2 is 1.96 bits per heavy atom. The first-order valence-corrected chi connectivity index (χ1v) is 8.76. The summed E-state index contributed by atoms with van der Waals surface area (Å²) in [5, 5.41) is 6.73. The van der Waals surface area contributed by atoms with Crippen LogP contribution in [0.5, 0.6) is 0 Å². The molecule has 0 radical (unpaired) electrons. The Hall–Kier alpha value is -2.20. The maximum Gasteiger partial charge on any atom is 0.226 e. The molecule has 1 aliphatic rings. The number of rotatable bonds is 5. The van der Waals surface area contributed by atoms with Crippen molar-refractivity contribution >= 4 is 10.8 Å². The first-order valence-electron chi connectivity index (χ1n) is 8.76. The lowest BCUT2D eigenvalue weighted by atomic mass is 10.0. The molecule has 24 heavy (non-hydrogen) atoms. The Balaban J connectivity index is 1.34. The zero-order chi connectivity index (χ0) is 16.2. The van der Waals surface area contributed by atoms with Crippen LogP contribution in [0.1, 0.15) is 42.5 Å². The molecule has 1 aromatic heterocycles. The maximum absolute atomic E-state index is 5.50. The summed E-state index contributed by atoms with van der Waals surface area (Å²) in [7, 11) is 0. The van der Waals surface area contributed by atoms with E-state index in [2.05, 4.69) is 52.6 Å². The molecule has 0 aliphatic carbocycles. The van der Waals surface area contributed by atoms with Crippen molar-refractivity contribution in [1.82, 2.24) is 10.1 Å². The zero-order valence-corrected chi connectivity index (χ0v) is 13.8. The second kappa shape index (κ2) is 7.14. The van der Waals surface area contributed by atoms with Crippen LogP contribution in [0.15, 0.2) is 47.0 Å². The van der Waals surface area contributed by atoms with Crippen LogP contribution >= 0.6 is 0 Å². The van der Waals surface area contributed by atoms with Gasteiger partial charge in [-0.3, -0.25) is 0 Å². The summed E-state index contributed by atoms with van der Waals surface area (Å²) >= 11 is 0. The van der Waals surface area contributed by atoms with Crippen molar-refractivity contribution in [2.45, 2.75) is 38.0 Å². The first-order chi connectivity index (χ1) is 11.9. The Kier molecular flexibility index (Phi) is 4.56. The Morgan fingerprint density at radius 3 is 2.83 bits per heavy atom. The van der Waals surface area contributed by atoms with E-state index in [1.54, 1.807) is 0 Å². The topological polar surface area (TPSA) is 48.2 Å². The van der Waals surface area contributed by atoms with Crippen LogP contribution in [0, 0.1) is 0 Å². The fourth-order valence-corrected chi connectivity index (χ4v) is 3.32. The quantitative estimate of drug-likeness (QED) is 0.703. The van der Waals surface area contributed by atoms with Crippen molar-refractivity contribution < 1.29 is 9.26 Å². The van der Waals surface area contributed by atoms with E-state index >= 15 is 0 Å².